The molecule has 0 spiro atoms. The number of hydrogen-bond donors (Lipinski definition) is 1. The summed E-state index contributed by atoms with van der Waals surface area (Å²) in [7, 11) is 0. The molecule has 0 aliphatic carbocycles. The van der Waals surface area contributed by atoms with E-state index in [1.807, 2.05) is 4.68 Å². The van der Waals surface area contributed by atoms with Gasteiger partial charge < -0.3 is 5.32 Å². The lowest BCUT2D eigenvalue weighted by atomic mass is 10.2. The minimum absolute atomic E-state index is 0.639. The summed E-state index contributed by atoms with van der Waals surface area (Å²) < 4.78 is 4.03. The van der Waals surface area contributed by atoms with Gasteiger partial charge in [0.2, 0.25) is 0 Å². The number of anilines is 1. The van der Waals surface area contributed by atoms with Gasteiger partial charge >= 0.3 is 0 Å². The van der Waals surface area contributed by atoms with Crippen molar-refractivity contribution in [2.24, 2.45) is 0 Å². The van der Waals surface area contributed by atoms with E-state index >= 15 is 0 Å². The van der Waals surface area contributed by atoms with Crippen LogP contribution < -0.4 is 5.32 Å². The van der Waals surface area contributed by atoms with Gasteiger partial charge in [-0.3, -0.25) is 4.68 Å². The number of nitrogens with one attached hydrogen (secondary N) is 1. The van der Waals surface area contributed by atoms with Crippen molar-refractivity contribution < 1.29 is 0 Å². The quantitative estimate of drug-likeness (QED) is 0.666. The summed E-state index contributed by atoms with van der Waals surface area (Å²) >= 11 is 13.6. The van der Waals surface area contributed by atoms with Gasteiger partial charge in [-0.2, -0.15) is 5.10 Å². The average molecular weight is 436 g/mol. The van der Waals surface area contributed by atoms with Crippen molar-refractivity contribution in [1.82, 2.24) is 9.78 Å². The Morgan fingerprint density at radius 1 is 1.24 bits per heavy atom. The molecule has 3 nitrogen and oxygen atoms in total. The topological polar surface area (TPSA) is 29.9 Å². The van der Waals surface area contributed by atoms with Gasteiger partial charge in [-0.25, -0.2) is 0 Å². The maximum Gasteiger partial charge on any atom is 0.0868 e. The van der Waals surface area contributed by atoms with E-state index in [0.29, 0.717) is 6.54 Å². The predicted octanol–water partition coefficient (Wildman–Crippen LogP) is 5.56. The highest BCUT2D eigenvalue weighted by atomic mass is 79.9. The molecule has 114 valence electrons. The van der Waals surface area contributed by atoms with E-state index in [1.54, 1.807) is 0 Å². The predicted molar refractivity (Wildman–Crippen MR) is 96.2 cm³/mol. The Hall–Kier alpha value is -0.520. The van der Waals surface area contributed by atoms with E-state index in [-0.39, 0.29) is 0 Å². The maximum absolute atomic E-state index is 6.43. The monoisotopic (exact) mass is 433 g/mol. The second-order valence-electron chi connectivity index (χ2n) is 4.83. The molecule has 6 heteroatoms. The molecule has 0 atom stereocenters. The number of nitrogens with zero attached hydrogens (tertiary/aromatic N) is 2. The summed E-state index contributed by atoms with van der Waals surface area (Å²) in [6.07, 6.45) is 0.844. The molecular weight excluding hydrogens is 417 g/mol. The molecule has 0 saturated heterocycles. The summed E-state index contributed by atoms with van der Waals surface area (Å²) in [6, 6.07) is 4.17. The third-order valence-electron chi connectivity index (χ3n) is 3.31. The molecule has 0 unspecified atom stereocenters. The lowest BCUT2D eigenvalue weighted by molar-refractivity contribution is 0.619. The molecule has 1 heterocycles. The van der Waals surface area contributed by atoms with Crippen LogP contribution in [0.4, 0.5) is 5.69 Å². The minimum atomic E-state index is 0.639. The minimum Gasteiger partial charge on any atom is -0.378 e. The number of hydrogen-bond acceptors (Lipinski definition) is 2. The Labute approximate surface area is 147 Å². The van der Waals surface area contributed by atoms with Gasteiger partial charge in [0.15, 0.2) is 0 Å². The molecule has 1 N–H and O–H groups in total. The zero-order chi connectivity index (χ0) is 15.6. The molecule has 2 rings (SSSR count). The molecule has 0 fully saturated rings. The fourth-order valence-corrected chi connectivity index (χ4v) is 4.26. The van der Waals surface area contributed by atoms with Crippen LogP contribution in [0, 0.1) is 6.92 Å². The summed E-state index contributed by atoms with van der Waals surface area (Å²) in [5.41, 5.74) is 4.20. The fourth-order valence-electron chi connectivity index (χ4n) is 2.23. The Balaban J connectivity index is 2.26. The van der Waals surface area contributed by atoms with Crippen LogP contribution in [0.25, 0.3) is 0 Å². The van der Waals surface area contributed by atoms with Crippen molar-refractivity contribution in [1.29, 1.82) is 0 Å². The summed E-state index contributed by atoms with van der Waals surface area (Å²) in [5.74, 6) is 0. The average Bonchev–Trinajstić information content (AvgIpc) is 2.73. The van der Waals surface area contributed by atoms with Crippen LogP contribution in [0.5, 0.6) is 0 Å². The first-order chi connectivity index (χ1) is 9.97. The number of benzene rings is 1. The normalized spacial score (nSPS) is 11.0. The standard InChI is InChI=1S/C15H18Br2ClN3/c1-4-12-14(18)13(21(5-2)20-12)8-19-15-10(16)6-9(3)7-11(15)17/h6-7,19H,4-5,8H2,1-3H3. The van der Waals surface area contributed by atoms with E-state index in [4.69, 9.17) is 11.6 Å². The van der Waals surface area contributed by atoms with Crippen LogP contribution in [0.1, 0.15) is 30.8 Å². The zero-order valence-corrected chi connectivity index (χ0v) is 16.2. The Kier molecular flexibility index (Phi) is 5.74. The number of rotatable bonds is 5. The highest BCUT2D eigenvalue weighted by Crippen LogP contribution is 2.33. The molecule has 21 heavy (non-hydrogen) atoms. The second kappa shape index (κ2) is 7.16. The number of aryl methyl sites for hydroxylation is 3. The molecule has 1 aromatic carbocycles. The van der Waals surface area contributed by atoms with Gasteiger partial charge in [0.1, 0.15) is 0 Å². The molecular formula is C15H18Br2ClN3. The van der Waals surface area contributed by atoms with E-state index in [0.717, 1.165) is 44.0 Å². The van der Waals surface area contributed by atoms with E-state index < -0.39 is 0 Å². The summed E-state index contributed by atoms with van der Waals surface area (Å²) in [5, 5.41) is 8.75. The Morgan fingerprint density at radius 3 is 2.38 bits per heavy atom. The fraction of sp³-hybridized carbons (Fsp3) is 0.400. The van der Waals surface area contributed by atoms with Gasteiger partial charge in [0.05, 0.1) is 28.6 Å². The third-order valence-corrected chi connectivity index (χ3v) is 5.00. The van der Waals surface area contributed by atoms with Gasteiger partial charge in [-0.15, -0.1) is 0 Å². The molecule has 0 aliphatic heterocycles. The molecule has 0 saturated carbocycles. The van der Waals surface area contributed by atoms with E-state index in [1.165, 1.54) is 5.56 Å². The van der Waals surface area contributed by atoms with Crippen molar-refractivity contribution in [3.05, 3.63) is 43.1 Å². The van der Waals surface area contributed by atoms with Crippen LogP contribution in [0.2, 0.25) is 5.02 Å². The van der Waals surface area contributed by atoms with Gasteiger partial charge in [0.25, 0.3) is 0 Å². The first-order valence-electron chi connectivity index (χ1n) is 6.91. The van der Waals surface area contributed by atoms with Crippen LogP contribution in [0.15, 0.2) is 21.1 Å². The zero-order valence-electron chi connectivity index (χ0n) is 12.3. The van der Waals surface area contributed by atoms with Crippen molar-refractivity contribution in [2.45, 2.75) is 40.3 Å². The molecule has 0 aliphatic rings. The van der Waals surface area contributed by atoms with Gasteiger partial charge in [-0.05, 0) is 69.8 Å². The summed E-state index contributed by atoms with van der Waals surface area (Å²) in [4.78, 5) is 0. The van der Waals surface area contributed by atoms with Crippen LogP contribution >= 0.6 is 43.5 Å². The third kappa shape index (κ3) is 3.63. The SMILES string of the molecule is CCc1nn(CC)c(CNc2c(Br)cc(C)cc2Br)c1Cl. The van der Waals surface area contributed by atoms with E-state index in [9.17, 15) is 0 Å². The molecule has 2 aromatic rings. The van der Waals surface area contributed by atoms with Crippen molar-refractivity contribution in [3.8, 4) is 0 Å². The molecule has 1 aromatic heterocycles. The smallest absolute Gasteiger partial charge is 0.0868 e. The summed E-state index contributed by atoms with van der Waals surface area (Å²) in [6.45, 7) is 7.66. The van der Waals surface area contributed by atoms with Gasteiger partial charge in [0, 0.05) is 15.5 Å². The lowest BCUT2D eigenvalue weighted by Gasteiger charge is -2.13. The lowest BCUT2D eigenvalue weighted by Crippen LogP contribution is -2.09. The number of aromatic nitrogens is 2. The van der Waals surface area contributed by atoms with E-state index in [2.05, 4.69) is 75.2 Å². The van der Waals surface area contributed by atoms with Crippen molar-refractivity contribution in [2.75, 3.05) is 5.32 Å². The van der Waals surface area contributed by atoms with Gasteiger partial charge in [-0.1, -0.05) is 18.5 Å². The van der Waals surface area contributed by atoms with Crippen LogP contribution in [0.3, 0.4) is 0 Å². The molecule has 0 bridgehead atoms. The van der Waals surface area contributed by atoms with Crippen molar-refractivity contribution in [3.63, 3.8) is 0 Å². The first-order valence-corrected chi connectivity index (χ1v) is 8.87. The Bertz CT molecular complexity index is 630. The second-order valence-corrected chi connectivity index (χ2v) is 6.92. The molecule has 0 radical (unpaired) electrons. The molecule has 0 amide bonds. The van der Waals surface area contributed by atoms with Crippen LogP contribution in [-0.2, 0) is 19.5 Å². The maximum atomic E-state index is 6.43. The van der Waals surface area contributed by atoms with Crippen LogP contribution in [-0.4, -0.2) is 9.78 Å². The highest BCUT2D eigenvalue weighted by molar-refractivity contribution is 9.11. The number of halogens is 3. The Morgan fingerprint density at radius 2 is 1.86 bits per heavy atom. The van der Waals surface area contributed by atoms with Crippen molar-refractivity contribution >= 4 is 49.1 Å². The first kappa shape index (κ1) is 16.8. The largest absolute Gasteiger partial charge is 0.378 e. The highest BCUT2D eigenvalue weighted by Gasteiger charge is 2.15.